The van der Waals surface area contributed by atoms with Gasteiger partial charge in [-0.25, -0.2) is 9.97 Å². The molecular weight excluding hydrogens is 376 g/mol. The van der Waals surface area contributed by atoms with Crippen LogP contribution in [-0.2, 0) is 0 Å². The Labute approximate surface area is 174 Å². The number of carbonyl (C=O) groups excluding carboxylic acids is 1. The van der Waals surface area contributed by atoms with Crippen LogP contribution >= 0.6 is 0 Å². The number of nitrogens with one attached hydrogen (secondary N) is 1. The highest BCUT2D eigenvalue weighted by Crippen LogP contribution is 2.30. The Bertz CT molecular complexity index is 1130. The second-order valence-corrected chi connectivity index (χ2v) is 6.50. The summed E-state index contributed by atoms with van der Waals surface area (Å²) in [5.74, 6) is 1.44. The average molecular weight is 396 g/mol. The molecule has 0 unspecified atom stereocenters. The SMILES string of the molecule is CN(C(=O)c1ccnc(Nc2ccccc2Oc2ccccc2)n1)c1ccccc1. The van der Waals surface area contributed by atoms with Gasteiger partial charge < -0.3 is 15.0 Å². The predicted octanol–water partition coefficient (Wildman–Crippen LogP) is 5.29. The number of ether oxygens (including phenoxy) is 1. The van der Waals surface area contributed by atoms with Crippen molar-refractivity contribution in [2.45, 2.75) is 0 Å². The topological polar surface area (TPSA) is 67.4 Å². The lowest BCUT2D eigenvalue weighted by Crippen LogP contribution is -2.27. The standard InChI is InChI=1S/C24H20N4O2/c1-28(18-10-4-2-5-11-18)23(29)21-16-17-25-24(27-21)26-20-14-8-9-15-22(20)30-19-12-6-3-7-13-19/h2-17H,1H3,(H,25,26,27). The first kappa shape index (κ1) is 19.1. The van der Waals surface area contributed by atoms with Crippen molar-refractivity contribution in [3.8, 4) is 11.5 Å². The van der Waals surface area contributed by atoms with Gasteiger partial charge in [-0.1, -0.05) is 48.5 Å². The molecule has 1 aromatic heterocycles. The van der Waals surface area contributed by atoms with Crippen LogP contribution in [0, 0.1) is 0 Å². The monoisotopic (exact) mass is 396 g/mol. The Kier molecular flexibility index (Phi) is 5.66. The molecule has 0 aliphatic rings. The number of anilines is 3. The average Bonchev–Trinajstić information content (AvgIpc) is 2.81. The summed E-state index contributed by atoms with van der Waals surface area (Å²) in [5, 5.41) is 3.15. The summed E-state index contributed by atoms with van der Waals surface area (Å²) in [4.78, 5) is 23.0. The largest absolute Gasteiger partial charge is 0.455 e. The van der Waals surface area contributed by atoms with Gasteiger partial charge in [0.1, 0.15) is 11.4 Å². The molecule has 0 saturated heterocycles. The van der Waals surface area contributed by atoms with Crippen molar-refractivity contribution < 1.29 is 9.53 Å². The molecule has 1 amide bonds. The summed E-state index contributed by atoms with van der Waals surface area (Å²) in [5.41, 5.74) is 1.78. The van der Waals surface area contributed by atoms with Crippen LogP contribution in [0.5, 0.6) is 11.5 Å². The lowest BCUT2D eigenvalue weighted by molar-refractivity contribution is 0.0988. The summed E-state index contributed by atoms with van der Waals surface area (Å²) in [6.45, 7) is 0. The normalized spacial score (nSPS) is 10.3. The fraction of sp³-hybridized carbons (Fsp3) is 0.0417. The van der Waals surface area contributed by atoms with Crippen molar-refractivity contribution in [3.05, 3.63) is 103 Å². The maximum absolute atomic E-state index is 12.8. The molecule has 0 aliphatic carbocycles. The Morgan fingerprint density at radius 3 is 2.30 bits per heavy atom. The van der Waals surface area contributed by atoms with Crippen LogP contribution in [0.2, 0.25) is 0 Å². The van der Waals surface area contributed by atoms with E-state index in [4.69, 9.17) is 4.74 Å². The summed E-state index contributed by atoms with van der Waals surface area (Å²) < 4.78 is 5.96. The first-order valence-electron chi connectivity index (χ1n) is 9.46. The van der Waals surface area contributed by atoms with E-state index in [2.05, 4.69) is 15.3 Å². The molecule has 0 bridgehead atoms. The minimum atomic E-state index is -0.222. The minimum Gasteiger partial charge on any atom is -0.455 e. The smallest absolute Gasteiger partial charge is 0.276 e. The first-order chi connectivity index (χ1) is 14.7. The van der Waals surface area contributed by atoms with E-state index >= 15 is 0 Å². The van der Waals surface area contributed by atoms with Crippen LogP contribution in [0.3, 0.4) is 0 Å². The maximum Gasteiger partial charge on any atom is 0.276 e. The molecule has 3 aromatic carbocycles. The zero-order chi connectivity index (χ0) is 20.8. The van der Waals surface area contributed by atoms with Gasteiger partial charge in [-0.3, -0.25) is 4.79 Å². The number of hydrogen-bond acceptors (Lipinski definition) is 5. The Hall–Kier alpha value is -4.19. The van der Waals surface area contributed by atoms with Crippen molar-refractivity contribution in [3.63, 3.8) is 0 Å². The van der Waals surface area contributed by atoms with E-state index in [0.29, 0.717) is 23.1 Å². The fourth-order valence-corrected chi connectivity index (χ4v) is 2.87. The third-order valence-electron chi connectivity index (χ3n) is 4.43. The van der Waals surface area contributed by atoms with Crippen molar-refractivity contribution in [1.29, 1.82) is 0 Å². The van der Waals surface area contributed by atoms with Crippen LogP contribution in [-0.4, -0.2) is 22.9 Å². The van der Waals surface area contributed by atoms with Crippen molar-refractivity contribution in [1.82, 2.24) is 9.97 Å². The number of benzene rings is 3. The zero-order valence-corrected chi connectivity index (χ0v) is 16.4. The van der Waals surface area contributed by atoms with E-state index in [1.807, 2.05) is 84.9 Å². The van der Waals surface area contributed by atoms with Crippen LogP contribution in [0.15, 0.2) is 97.2 Å². The highest BCUT2D eigenvalue weighted by molar-refractivity contribution is 6.04. The molecule has 6 nitrogen and oxygen atoms in total. The molecule has 0 aliphatic heterocycles. The molecule has 4 rings (SSSR count). The Morgan fingerprint density at radius 2 is 1.53 bits per heavy atom. The summed E-state index contributed by atoms with van der Waals surface area (Å²) >= 11 is 0. The van der Waals surface area contributed by atoms with Gasteiger partial charge in [-0.15, -0.1) is 0 Å². The highest BCUT2D eigenvalue weighted by atomic mass is 16.5. The molecular formula is C24H20N4O2. The number of amides is 1. The summed E-state index contributed by atoms with van der Waals surface area (Å²) in [6.07, 6.45) is 1.56. The number of rotatable bonds is 6. The van der Waals surface area contributed by atoms with E-state index in [9.17, 15) is 4.79 Å². The minimum absolute atomic E-state index is 0.222. The molecule has 4 aromatic rings. The van der Waals surface area contributed by atoms with E-state index in [-0.39, 0.29) is 5.91 Å². The Balaban J connectivity index is 1.55. The van der Waals surface area contributed by atoms with Crippen LogP contribution < -0.4 is 15.0 Å². The predicted molar refractivity (Wildman–Crippen MR) is 117 cm³/mol. The number of para-hydroxylation sites is 4. The van der Waals surface area contributed by atoms with E-state index in [1.165, 1.54) is 0 Å². The van der Waals surface area contributed by atoms with Crippen LogP contribution in [0.25, 0.3) is 0 Å². The van der Waals surface area contributed by atoms with E-state index in [1.54, 1.807) is 24.2 Å². The molecule has 148 valence electrons. The quantitative estimate of drug-likeness (QED) is 0.480. The lowest BCUT2D eigenvalue weighted by Gasteiger charge is -2.17. The summed E-state index contributed by atoms with van der Waals surface area (Å²) in [7, 11) is 1.72. The molecule has 0 spiro atoms. The first-order valence-corrected chi connectivity index (χ1v) is 9.46. The molecule has 0 fully saturated rings. The van der Waals surface area contributed by atoms with Gasteiger partial charge in [0.2, 0.25) is 5.95 Å². The van der Waals surface area contributed by atoms with Crippen molar-refractivity contribution in [2.75, 3.05) is 17.3 Å². The molecule has 30 heavy (non-hydrogen) atoms. The van der Waals surface area contributed by atoms with Gasteiger partial charge in [0, 0.05) is 18.9 Å². The van der Waals surface area contributed by atoms with Gasteiger partial charge in [-0.2, -0.15) is 0 Å². The second kappa shape index (κ2) is 8.87. The Morgan fingerprint density at radius 1 is 0.867 bits per heavy atom. The second-order valence-electron chi connectivity index (χ2n) is 6.50. The number of carbonyl (C=O) groups is 1. The van der Waals surface area contributed by atoms with Gasteiger partial charge in [0.15, 0.2) is 5.75 Å². The molecule has 0 atom stereocenters. The molecule has 6 heteroatoms. The molecule has 1 heterocycles. The van der Waals surface area contributed by atoms with E-state index < -0.39 is 0 Å². The summed E-state index contributed by atoms with van der Waals surface area (Å²) in [6, 6.07) is 28.0. The number of aromatic nitrogens is 2. The van der Waals surface area contributed by atoms with E-state index in [0.717, 1.165) is 11.4 Å². The van der Waals surface area contributed by atoms with Gasteiger partial charge >= 0.3 is 0 Å². The van der Waals surface area contributed by atoms with Crippen LogP contribution in [0.1, 0.15) is 10.5 Å². The lowest BCUT2D eigenvalue weighted by atomic mass is 10.2. The maximum atomic E-state index is 12.8. The zero-order valence-electron chi connectivity index (χ0n) is 16.4. The number of hydrogen-bond donors (Lipinski definition) is 1. The highest BCUT2D eigenvalue weighted by Gasteiger charge is 2.16. The van der Waals surface area contributed by atoms with Gasteiger partial charge in [-0.05, 0) is 42.5 Å². The fourth-order valence-electron chi connectivity index (χ4n) is 2.87. The molecule has 0 saturated carbocycles. The number of nitrogens with zero attached hydrogens (tertiary/aromatic N) is 3. The van der Waals surface area contributed by atoms with Crippen LogP contribution in [0.4, 0.5) is 17.3 Å². The van der Waals surface area contributed by atoms with Crippen molar-refractivity contribution in [2.24, 2.45) is 0 Å². The molecule has 0 radical (unpaired) electrons. The third kappa shape index (κ3) is 4.44. The van der Waals surface area contributed by atoms with Gasteiger partial charge in [0.05, 0.1) is 5.69 Å². The molecule has 1 N–H and O–H groups in total. The third-order valence-corrected chi connectivity index (χ3v) is 4.43. The van der Waals surface area contributed by atoms with Crippen molar-refractivity contribution >= 4 is 23.2 Å². The van der Waals surface area contributed by atoms with Gasteiger partial charge in [0.25, 0.3) is 5.91 Å².